The number of hydrogen-bond donors (Lipinski definition) is 0. The molecule has 324 valence electrons. The van der Waals surface area contributed by atoms with Crippen molar-refractivity contribution in [3.05, 3.63) is 279 Å². The van der Waals surface area contributed by atoms with Crippen LogP contribution < -0.4 is 9.80 Å². The van der Waals surface area contributed by atoms with Crippen LogP contribution in [0.25, 0.3) is 15.8 Å². The Kier molecular flexibility index (Phi) is 16.7. The first kappa shape index (κ1) is 47.0. The highest BCUT2D eigenvalue weighted by atomic mass is 16.5. The second kappa shape index (κ2) is 23.8. The van der Waals surface area contributed by atoms with E-state index in [9.17, 15) is 10.1 Å². The van der Waals surface area contributed by atoms with Gasteiger partial charge in [0.2, 0.25) is 0 Å². The highest BCUT2D eigenvalue weighted by Gasteiger charge is 2.14. The smallest absolute Gasteiger partial charge is 0.269 e. The zero-order chi connectivity index (χ0) is 47.4. The lowest BCUT2D eigenvalue weighted by molar-refractivity contribution is 0.112. The summed E-state index contributed by atoms with van der Waals surface area (Å²) in [5.41, 5.74) is 12.0. The van der Waals surface area contributed by atoms with E-state index in [1.807, 2.05) is 128 Å². The molecule has 0 amide bonds. The molecule has 0 radical (unpaired) electrons. The standard InChI is InChI=1S/C30H23N3.C19H15NO.C10H8N2O/c1-23-19-25(21-26(20-23)30(22-31)32-2)14-13-24-15-17-29(18-16-24)33(27-9-5-3-6-10-27)28-11-7-4-8-12-28;21-15-16-11-13-19(14-12-16)20(17-7-3-1-4-8-17)18-9-5-2-6-10-18;1-7-4-9(5-8(2)13-7)10(6-11)12-3/h3-18,20-21H,19H2,1H3;1-15H;4-5H,1-2H3/b14-13+,30-26+;;. The Balaban J connectivity index is 0.000000185. The van der Waals surface area contributed by atoms with Gasteiger partial charge < -0.3 is 14.5 Å². The molecule has 1 aliphatic carbocycles. The Morgan fingerprint density at radius 1 is 0.507 bits per heavy atom. The molecule has 0 fully saturated rings. The van der Waals surface area contributed by atoms with Crippen LogP contribution in [0.2, 0.25) is 0 Å². The first-order valence-corrected chi connectivity index (χ1v) is 21.3. The number of para-hydroxylation sites is 4. The van der Waals surface area contributed by atoms with Crippen molar-refractivity contribution >= 4 is 46.5 Å². The molecule has 8 rings (SSSR count). The lowest BCUT2D eigenvalue weighted by atomic mass is 9.94. The summed E-state index contributed by atoms with van der Waals surface area (Å²) in [6, 6.07) is 60.9. The summed E-state index contributed by atoms with van der Waals surface area (Å²) in [5, 5.41) is 17.8. The van der Waals surface area contributed by atoms with Crippen LogP contribution in [-0.2, 0) is 4.74 Å². The molecule has 0 spiro atoms. The highest BCUT2D eigenvalue weighted by Crippen LogP contribution is 2.36. The van der Waals surface area contributed by atoms with Gasteiger partial charge in [-0.1, -0.05) is 115 Å². The van der Waals surface area contributed by atoms with E-state index in [1.54, 1.807) is 26.0 Å². The molecule has 1 aliphatic heterocycles. The molecule has 0 saturated heterocycles. The normalized spacial score (nSPS) is 13.2. The number of carbonyl (C=O) groups is 1. The van der Waals surface area contributed by atoms with E-state index in [4.69, 9.17) is 23.1 Å². The molecule has 0 bridgehead atoms. The monoisotopic (exact) mass is 870 g/mol. The van der Waals surface area contributed by atoms with Crippen molar-refractivity contribution in [1.29, 1.82) is 10.5 Å². The van der Waals surface area contributed by atoms with Crippen molar-refractivity contribution in [2.75, 3.05) is 9.80 Å². The number of nitrogens with zero attached hydrogens (tertiary/aromatic N) is 6. The lowest BCUT2D eigenvalue weighted by Gasteiger charge is -2.25. The van der Waals surface area contributed by atoms with E-state index in [0.717, 1.165) is 63.5 Å². The number of carbonyl (C=O) groups excluding carboxylic acids is 1. The minimum atomic E-state index is 0.0991. The Labute approximate surface area is 393 Å². The van der Waals surface area contributed by atoms with E-state index >= 15 is 0 Å². The van der Waals surface area contributed by atoms with Crippen LogP contribution in [0, 0.1) is 35.8 Å². The van der Waals surface area contributed by atoms with Gasteiger partial charge in [-0.25, -0.2) is 20.2 Å². The van der Waals surface area contributed by atoms with Crippen molar-refractivity contribution in [3.63, 3.8) is 0 Å². The van der Waals surface area contributed by atoms with Crippen molar-refractivity contribution in [2.24, 2.45) is 0 Å². The molecule has 8 heteroatoms. The number of anilines is 6. The average Bonchev–Trinajstić information content (AvgIpc) is 3.36. The minimum absolute atomic E-state index is 0.0991. The molecule has 2 aliphatic rings. The topological polar surface area (TPSA) is 89.1 Å². The van der Waals surface area contributed by atoms with Crippen LogP contribution in [0.15, 0.2) is 245 Å². The number of aldehydes is 1. The highest BCUT2D eigenvalue weighted by molar-refractivity contribution is 5.80. The molecule has 67 heavy (non-hydrogen) atoms. The fourth-order valence-corrected chi connectivity index (χ4v) is 7.25. The summed E-state index contributed by atoms with van der Waals surface area (Å²) in [6.07, 6.45) is 13.0. The number of benzene rings is 6. The van der Waals surface area contributed by atoms with Crippen LogP contribution in [-0.4, -0.2) is 6.29 Å². The van der Waals surface area contributed by atoms with Gasteiger partial charge in [0.1, 0.15) is 6.29 Å². The van der Waals surface area contributed by atoms with Crippen molar-refractivity contribution in [3.8, 4) is 12.1 Å². The van der Waals surface area contributed by atoms with E-state index in [1.165, 1.54) is 0 Å². The fourth-order valence-electron chi connectivity index (χ4n) is 7.25. The largest absolute Gasteiger partial charge is 0.467 e. The van der Waals surface area contributed by atoms with Gasteiger partial charge in [-0.05, 0) is 147 Å². The molecular weight excluding hydrogens is 825 g/mol. The molecule has 0 aromatic heterocycles. The van der Waals surface area contributed by atoms with Gasteiger partial charge in [-0.2, -0.15) is 0 Å². The van der Waals surface area contributed by atoms with Gasteiger partial charge in [0, 0.05) is 39.7 Å². The number of hydrogen-bond acceptors (Lipinski definition) is 6. The van der Waals surface area contributed by atoms with E-state index in [-0.39, 0.29) is 11.4 Å². The first-order valence-electron chi connectivity index (χ1n) is 21.3. The van der Waals surface area contributed by atoms with Gasteiger partial charge >= 0.3 is 0 Å². The average molecular weight is 871 g/mol. The second-order valence-electron chi connectivity index (χ2n) is 15.2. The Bertz CT molecular complexity index is 2930. The molecule has 6 aromatic rings. The summed E-state index contributed by atoms with van der Waals surface area (Å²) >= 11 is 0. The summed E-state index contributed by atoms with van der Waals surface area (Å²) in [6.45, 7) is 19.6. The third kappa shape index (κ3) is 13.0. The van der Waals surface area contributed by atoms with Gasteiger partial charge in [0.25, 0.3) is 11.4 Å². The van der Waals surface area contributed by atoms with Gasteiger partial charge in [0.15, 0.2) is 0 Å². The number of ether oxygens (including phenoxy) is 1. The predicted octanol–water partition coefficient (Wildman–Crippen LogP) is 15.6. The molecular formula is C59H46N6O2. The third-order valence-electron chi connectivity index (χ3n) is 10.2. The number of rotatable bonds is 9. The zero-order valence-corrected chi connectivity index (χ0v) is 37.4. The van der Waals surface area contributed by atoms with Crippen LogP contribution >= 0.6 is 0 Å². The summed E-state index contributed by atoms with van der Waals surface area (Å²) < 4.78 is 5.23. The summed E-state index contributed by atoms with van der Waals surface area (Å²) in [7, 11) is 0. The maximum atomic E-state index is 10.8. The van der Waals surface area contributed by atoms with Crippen molar-refractivity contribution < 1.29 is 9.53 Å². The molecule has 1 heterocycles. The van der Waals surface area contributed by atoms with E-state index < -0.39 is 0 Å². The van der Waals surface area contributed by atoms with Crippen LogP contribution in [0.1, 0.15) is 43.1 Å². The van der Waals surface area contributed by atoms with E-state index in [2.05, 4.69) is 104 Å². The second-order valence-corrected chi connectivity index (χ2v) is 15.2. The Hall–Kier alpha value is -9.47. The summed E-state index contributed by atoms with van der Waals surface area (Å²) in [4.78, 5) is 21.7. The van der Waals surface area contributed by atoms with Crippen molar-refractivity contribution in [2.45, 2.75) is 27.2 Å². The first-order chi connectivity index (χ1) is 32.7. The number of allylic oxidation sites excluding steroid dienone is 13. The maximum Gasteiger partial charge on any atom is 0.269 e. The molecule has 6 aromatic carbocycles. The molecule has 0 unspecified atom stereocenters. The summed E-state index contributed by atoms with van der Waals surface area (Å²) in [5.74, 6) is 1.40. The van der Waals surface area contributed by atoms with E-state index in [0.29, 0.717) is 28.2 Å². The quantitative estimate of drug-likeness (QED) is 0.0817. The molecule has 8 nitrogen and oxygen atoms in total. The van der Waals surface area contributed by atoms with Crippen molar-refractivity contribution in [1.82, 2.24) is 0 Å². The number of nitriles is 2. The predicted molar refractivity (Wildman–Crippen MR) is 270 cm³/mol. The Morgan fingerprint density at radius 3 is 1.22 bits per heavy atom. The van der Waals surface area contributed by atoms with Crippen LogP contribution in [0.5, 0.6) is 0 Å². The SMILES string of the molecule is O=Cc1ccc(N(c2ccccc2)c2ccccc2)cc1.[C-]#[N+]/C(C#N)=C1\C=C(C)CC(/C=C/c2ccc(N(c3ccccc3)c3ccccc3)cc2)=C1.[C-]#[N+]C(C#N)=C1C=C(C)OC(C)=C1. The third-order valence-corrected chi connectivity index (χ3v) is 10.2. The maximum absolute atomic E-state index is 10.8. The zero-order valence-electron chi connectivity index (χ0n) is 37.4. The van der Waals surface area contributed by atoms with Gasteiger partial charge in [-0.3, -0.25) is 4.79 Å². The lowest BCUT2D eigenvalue weighted by Crippen LogP contribution is -2.09. The Morgan fingerprint density at radius 2 is 0.866 bits per heavy atom. The molecule has 0 atom stereocenters. The minimum Gasteiger partial charge on any atom is -0.467 e. The van der Waals surface area contributed by atoms with Gasteiger partial charge in [-0.15, -0.1) is 0 Å². The van der Waals surface area contributed by atoms with Crippen LogP contribution in [0.3, 0.4) is 0 Å². The molecule has 0 N–H and O–H groups in total. The van der Waals surface area contributed by atoms with Gasteiger partial charge in [0.05, 0.1) is 36.8 Å². The van der Waals surface area contributed by atoms with Crippen LogP contribution in [0.4, 0.5) is 34.1 Å². The molecule has 0 saturated carbocycles. The fraction of sp³-hybridized carbons (Fsp3) is 0.0678.